The van der Waals surface area contributed by atoms with Crippen molar-refractivity contribution in [2.24, 2.45) is 0 Å². The second kappa shape index (κ2) is 9.40. The van der Waals surface area contributed by atoms with Gasteiger partial charge in [-0.1, -0.05) is 6.07 Å². The highest BCUT2D eigenvalue weighted by molar-refractivity contribution is 7.12. The molecule has 3 heterocycles. The molecule has 1 aromatic carbocycles. The molecule has 3 aromatic rings. The molecule has 0 radical (unpaired) electrons. The molecule has 0 atom stereocenters. The van der Waals surface area contributed by atoms with Crippen molar-refractivity contribution in [3.05, 3.63) is 75.7 Å². The molecular weight excluding hydrogens is 426 g/mol. The second-order valence-electron chi connectivity index (χ2n) is 7.72. The largest absolute Gasteiger partial charge is 0.452 e. The third-order valence-corrected chi connectivity index (χ3v) is 6.47. The van der Waals surface area contributed by atoms with E-state index in [0.29, 0.717) is 36.6 Å². The van der Waals surface area contributed by atoms with Gasteiger partial charge in [0.1, 0.15) is 0 Å². The second-order valence-corrected chi connectivity index (χ2v) is 8.67. The van der Waals surface area contributed by atoms with Crippen LogP contribution < -0.4 is 0 Å². The van der Waals surface area contributed by atoms with Crippen LogP contribution in [0.3, 0.4) is 0 Å². The fourth-order valence-corrected chi connectivity index (χ4v) is 4.53. The zero-order valence-corrected chi connectivity index (χ0v) is 18.9. The van der Waals surface area contributed by atoms with E-state index < -0.39 is 5.97 Å². The van der Waals surface area contributed by atoms with Gasteiger partial charge >= 0.3 is 5.97 Å². The lowest BCUT2D eigenvalue weighted by Crippen LogP contribution is -2.51. The number of rotatable bonds is 5. The minimum atomic E-state index is -0.530. The molecule has 1 fully saturated rings. The van der Waals surface area contributed by atoms with Crippen LogP contribution in [-0.2, 0) is 9.53 Å². The Hall–Kier alpha value is -3.39. The molecule has 0 bridgehead atoms. The van der Waals surface area contributed by atoms with Crippen molar-refractivity contribution in [1.29, 1.82) is 0 Å². The fraction of sp³-hybridized carbons (Fsp3) is 0.292. The zero-order valence-electron chi connectivity index (χ0n) is 18.1. The number of hydrogen-bond acceptors (Lipinski definition) is 5. The number of amides is 2. The summed E-state index contributed by atoms with van der Waals surface area (Å²) in [5, 5.41) is 1.87. The van der Waals surface area contributed by atoms with Crippen LogP contribution in [0.25, 0.3) is 5.69 Å². The molecule has 0 saturated carbocycles. The number of hydrogen-bond donors (Lipinski definition) is 0. The maximum absolute atomic E-state index is 12.5. The zero-order chi connectivity index (χ0) is 22.7. The number of benzene rings is 1. The van der Waals surface area contributed by atoms with Crippen LogP contribution in [-0.4, -0.2) is 64.9 Å². The number of aryl methyl sites for hydroxylation is 2. The monoisotopic (exact) mass is 451 g/mol. The smallest absolute Gasteiger partial charge is 0.338 e. The lowest BCUT2D eigenvalue weighted by atomic mass is 10.2. The predicted molar refractivity (Wildman–Crippen MR) is 122 cm³/mol. The molecule has 32 heavy (non-hydrogen) atoms. The lowest BCUT2D eigenvalue weighted by molar-refractivity contribution is -0.136. The third kappa shape index (κ3) is 4.60. The van der Waals surface area contributed by atoms with Gasteiger partial charge in [-0.3, -0.25) is 9.59 Å². The highest BCUT2D eigenvalue weighted by Crippen LogP contribution is 2.17. The molecule has 1 aliphatic heterocycles. The lowest BCUT2D eigenvalue weighted by Gasteiger charge is -2.34. The molecule has 8 heteroatoms. The van der Waals surface area contributed by atoms with Gasteiger partial charge in [0.15, 0.2) is 6.61 Å². The Morgan fingerprint density at radius 2 is 1.50 bits per heavy atom. The van der Waals surface area contributed by atoms with Gasteiger partial charge in [-0.25, -0.2) is 4.79 Å². The summed E-state index contributed by atoms with van der Waals surface area (Å²) >= 11 is 1.41. The first kappa shape index (κ1) is 21.8. The van der Waals surface area contributed by atoms with E-state index >= 15 is 0 Å². The van der Waals surface area contributed by atoms with Crippen molar-refractivity contribution in [3.63, 3.8) is 0 Å². The Balaban J connectivity index is 1.27. The normalized spacial score (nSPS) is 13.8. The van der Waals surface area contributed by atoms with Crippen LogP contribution in [0.1, 0.15) is 31.4 Å². The standard InChI is InChI=1S/C24H25N3O4S/c1-17-5-6-18(2)27(17)20-9-7-19(8-10-20)24(30)31-16-22(28)25-11-13-26(14-12-25)23(29)21-4-3-15-32-21/h3-10,15H,11-14,16H2,1-2H3. The van der Waals surface area contributed by atoms with E-state index in [1.807, 2.05) is 49.6 Å². The van der Waals surface area contributed by atoms with Crippen LogP contribution in [0.15, 0.2) is 53.9 Å². The number of aromatic nitrogens is 1. The van der Waals surface area contributed by atoms with Crippen molar-refractivity contribution in [3.8, 4) is 5.69 Å². The van der Waals surface area contributed by atoms with E-state index in [4.69, 9.17) is 4.74 Å². The molecule has 0 aliphatic carbocycles. The van der Waals surface area contributed by atoms with E-state index in [-0.39, 0.29) is 18.4 Å². The molecule has 2 amide bonds. The molecular formula is C24H25N3O4S. The summed E-state index contributed by atoms with van der Waals surface area (Å²) < 4.78 is 7.34. The summed E-state index contributed by atoms with van der Waals surface area (Å²) in [5.74, 6) is -0.790. The molecule has 1 aliphatic rings. The van der Waals surface area contributed by atoms with E-state index in [2.05, 4.69) is 4.57 Å². The summed E-state index contributed by atoms with van der Waals surface area (Å²) in [7, 11) is 0. The predicted octanol–water partition coefficient (Wildman–Crippen LogP) is 3.30. The van der Waals surface area contributed by atoms with Gasteiger partial charge in [0.25, 0.3) is 11.8 Å². The van der Waals surface area contributed by atoms with Crippen molar-refractivity contribution >= 4 is 29.1 Å². The average molecular weight is 452 g/mol. The number of thiophene rings is 1. The highest BCUT2D eigenvalue weighted by atomic mass is 32.1. The van der Waals surface area contributed by atoms with E-state index in [0.717, 1.165) is 17.1 Å². The summed E-state index contributed by atoms with van der Waals surface area (Å²) in [6, 6.07) is 14.9. The molecule has 4 rings (SSSR count). The third-order valence-electron chi connectivity index (χ3n) is 5.61. The summed E-state index contributed by atoms with van der Waals surface area (Å²) in [6.07, 6.45) is 0. The van der Waals surface area contributed by atoms with Crippen LogP contribution in [0, 0.1) is 13.8 Å². The molecule has 166 valence electrons. The Bertz CT molecular complexity index is 1090. The summed E-state index contributed by atoms with van der Waals surface area (Å²) in [5.41, 5.74) is 3.59. The van der Waals surface area contributed by atoms with Gasteiger partial charge in [0, 0.05) is 43.3 Å². The van der Waals surface area contributed by atoms with Gasteiger partial charge in [-0.15, -0.1) is 11.3 Å². The Labute approximate surface area is 190 Å². The number of piperazine rings is 1. The summed E-state index contributed by atoms with van der Waals surface area (Å²) in [4.78, 5) is 41.3. The van der Waals surface area contributed by atoms with Crippen LogP contribution in [0.4, 0.5) is 0 Å². The van der Waals surface area contributed by atoms with Gasteiger partial charge in [-0.05, 0) is 61.7 Å². The molecule has 1 saturated heterocycles. The van der Waals surface area contributed by atoms with Crippen molar-refractivity contribution < 1.29 is 19.1 Å². The minimum absolute atomic E-state index is 0.00715. The molecule has 0 unspecified atom stereocenters. The summed E-state index contributed by atoms with van der Waals surface area (Å²) in [6.45, 7) is 5.54. The van der Waals surface area contributed by atoms with Crippen molar-refractivity contribution in [2.75, 3.05) is 32.8 Å². The SMILES string of the molecule is Cc1ccc(C)n1-c1ccc(C(=O)OCC(=O)N2CCN(C(=O)c3cccs3)CC2)cc1. The molecule has 0 spiro atoms. The number of esters is 1. The van der Waals surface area contributed by atoms with Crippen LogP contribution >= 0.6 is 11.3 Å². The first-order valence-electron chi connectivity index (χ1n) is 10.5. The van der Waals surface area contributed by atoms with Gasteiger partial charge < -0.3 is 19.1 Å². The quantitative estimate of drug-likeness (QED) is 0.558. The van der Waals surface area contributed by atoms with Crippen LogP contribution in [0.5, 0.6) is 0 Å². The number of ether oxygens (including phenoxy) is 1. The van der Waals surface area contributed by atoms with Gasteiger partial charge in [-0.2, -0.15) is 0 Å². The van der Waals surface area contributed by atoms with Crippen molar-refractivity contribution in [2.45, 2.75) is 13.8 Å². The number of carbonyl (C=O) groups excluding carboxylic acids is 3. The van der Waals surface area contributed by atoms with Crippen molar-refractivity contribution in [1.82, 2.24) is 14.4 Å². The first-order chi connectivity index (χ1) is 15.4. The van der Waals surface area contributed by atoms with Gasteiger partial charge in [0.2, 0.25) is 0 Å². The van der Waals surface area contributed by atoms with E-state index in [1.54, 1.807) is 28.0 Å². The van der Waals surface area contributed by atoms with E-state index in [9.17, 15) is 14.4 Å². The van der Waals surface area contributed by atoms with E-state index in [1.165, 1.54) is 11.3 Å². The highest BCUT2D eigenvalue weighted by Gasteiger charge is 2.26. The Morgan fingerprint density at radius 3 is 2.09 bits per heavy atom. The number of nitrogens with zero attached hydrogens (tertiary/aromatic N) is 3. The number of carbonyl (C=O) groups is 3. The molecule has 0 N–H and O–H groups in total. The fourth-order valence-electron chi connectivity index (χ4n) is 3.84. The van der Waals surface area contributed by atoms with Gasteiger partial charge in [0.05, 0.1) is 10.4 Å². The topological polar surface area (TPSA) is 71.8 Å². The molecule has 7 nitrogen and oxygen atoms in total. The maximum Gasteiger partial charge on any atom is 0.338 e. The molecule has 2 aromatic heterocycles. The Morgan fingerprint density at radius 1 is 0.875 bits per heavy atom. The minimum Gasteiger partial charge on any atom is -0.452 e. The first-order valence-corrected chi connectivity index (χ1v) is 11.3. The Kier molecular flexibility index (Phi) is 6.41. The maximum atomic E-state index is 12.5. The average Bonchev–Trinajstić information content (AvgIpc) is 3.47. The van der Waals surface area contributed by atoms with Crippen LogP contribution in [0.2, 0.25) is 0 Å².